The molecule has 25 N–H and O–H groups in total. The molecule has 0 bridgehead atoms. The first-order chi connectivity index (χ1) is 34.5. The Kier molecular flexibility index (Phi) is 31.4. The number of carbonyl (C=O) groups is 11. The third kappa shape index (κ3) is 28.0. The standard InChI is InChI=1S/C43H79N17O14/c1-20(2)18-28(38(70)57-27(41(73)74)12-9-17-52-43(49)50)58-39(71)29(19-30(46)62)59-37(69)25(11-8-16-51-42(47)48)55-36(68)24(10-6-7-15-44)54-34(66)22(4)53-35(67)26(13-14-31(63)64)56-40(72)32(23(5)61)60-33(65)21(3)45/h20-29,32,61H,6-19,44-45H2,1-5H3,(H2,46,62)(H,53,67)(H,54,66)(H,55,68)(H,56,72)(H,57,70)(H,58,71)(H,59,69)(H,60,65)(H,63,64)(H,73,74)(H4,47,48,51)(H4,49,50,52)/t21-,22-,23+,24-,25-,26-,27-,28-,29-,32-/m0/s1. The molecule has 0 heterocycles. The van der Waals surface area contributed by atoms with E-state index >= 15 is 0 Å². The van der Waals surface area contributed by atoms with Crippen LogP contribution < -0.4 is 82.7 Å². The summed E-state index contributed by atoms with van der Waals surface area (Å²) in [5.41, 5.74) is 38.2. The number of hydrogen-bond donors (Lipinski definition) is 18. The number of hydrogen-bond acceptors (Lipinski definition) is 16. The molecule has 74 heavy (non-hydrogen) atoms. The summed E-state index contributed by atoms with van der Waals surface area (Å²) in [6.45, 7) is 7.32. The maximum Gasteiger partial charge on any atom is 0.326 e. The monoisotopic (exact) mass is 1060 g/mol. The highest BCUT2D eigenvalue weighted by atomic mass is 16.4. The van der Waals surface area contributed by atoms with E-state index < -0.39 is 145 Å². The molecular weight excluding hydrogens is 979 g/mol. The molecule has 0 aromatic rings. The molecule has 0 rings (SSSR count). The van der Waals surface area contributed by atoms with Gasteiger partial charge in [-0.05, 0) is 91.0 Å². The summed E-state index contributed by atoms with van der Waals surface area (Å²) >= 11 is 0. The number of nitrogens with two attached hydrogens (primary N) is 7. The molecule has 10 atom stereocenters. The topological polar surface area (TPSA) is 552 Å². The van der Waals surface area contributed by atoms with Crippen molar-refractivity contribution in [2.45, 2.75) is 166 Å². The number of unbranched alkanes of at least 4 members (excludes halogenated alkanes) is 1. The van der Waals surface area contributed by atoms with Crippen LogP contribution in [0.5, 0.6) is 0 Å². The number of nitrogens with one attached hydrogen (secondary N) is 8. The summed E-state index contributed by atoms with van der Waals surface area (Å²) in [4.78, 5) is 151. The number of aliphatic hydroxyl groups excluding tert-OH is 1. The Morgan fingerprint density at radius 2 is 0.905 bits per heavy atom. The predicted molar refractivity (Wildman–Crippen MR) is 267 cm³/mol. The van der Waals surface area contributed by atoms with Gasteiger partial charge in [0.2, 0.25) is 53.2 Å². The smallest absolute Gasteiger partial charge is 0.326 e. The Hall–Kier alpha value is -7.41. The van der Waals surface area contributed by atoms with Crippen LogP contribution in [-0.4, -0.2) is 172 Å². The highest BCUT2D eigenvalue weighted by Gasteiger charge is 2.35. The van der Waals surface area contributed by atoms with Gasteiger partial charge in [0.15, 0.2) is 11.9 Å². The van der Waals surface area contributed by atoms with Crippen LogP contribution >= 0.6 is 0 Å². The average Bonchev–Trinajstić information content (AvgIpc) is 3.29. The van der Waals surface area contributed by atoms with Gasteiger partial charge in [-0.15, -0.1) is 0 Å². The molecule has 0 aliphatic rings. The molecule has 0 saturated heterocycles. The molecule has 0 aromatic carbocycles. The van der Waals surface area contributed by atoms with Gasteiger partial charge in [0.05, 0.1) is 18.6 Å². The fraction of sp³-hybridized carbons (Fsp3) is 0.698. The molecule has 0 aromatic heterocycles. The first-order valence-corrected chi connectivity index (χ1v) is 23.9. The van der Waals surface area contributed by atoms with Crippen LogP contribution in [0.1, 0.15) is 105 Å². The van der Waals surface area contributed by atoms with Crippen molar-refractivity contribution in [3.05, 3.63) is 0 Å². The van der Waals surface area contributed by atoms with Crippen molar-refractivity contribution >= 4 is 77.0 Å². The molecule has 0 radical (unpaired) electrons. The van der Waals surface area contributed by atoms with Crippen molar-refractivity contribution in [3.63, 3.8) is 0 Å². The summed E-state index contributed by atoms with van der Waals surface area (Å²) in [6.07, 6.45) is -3.02. The third-order valence-electron chi connectivity index (χ3n) is 10.6. The van der Waals surface area contributed by atoms with E-state index in [4.69, 9.17) is 40.1 Å². The SMILES string of the molecule is CC(C)C[C@H](NC(=O)[C@H](CC(N)=O)NC(=O)[C@H](CCCN=C(N)N)NC(=O)[C@H](CCCCN)NC(=O)[C@H](C)NC(=O)[C@H](CCC(=O)O)NC(=O)[C@@H](NC(=O)[C@H](C)N)[C@@H](C)O)C(=O)N[C@@H](CCCN=C(N)N)C(=O)O. The number of amides is 9. The van der Waals surface area contributed by atoms with Crippen molar-refractivity contribution in [2.24, 2.45) is 56.0 Å². The lowest BCUT2D eigenvalue weighted by molar-refractivity contribution is -0.142. The van der Waals surface area contributed by atoms with E-state index in [2.05, 4.69) is 52.5 Å². The summed E-state index contributed by atoms with van der Waals surface area (Å²) in [7, 11) is 0. The second-order valence-electron chi connectivity index (χ2n) is 17.9. The van der Waals surface area contributed by atoms with E-state index in [1.54, 1.807) is 13.8 Å². The fourth-order valence-electron chi connectivity index (χ4n) is 6.66. The van der Waals surface area contributed by atoms with E-state index in [1.807, 2.05) is 0 Å². The fourth-order valence-corrected chi connectivity index (χ4v) is 6.66. The van der Waals surface area contributed by atoms with Crippen LogP contribution in [0.2, 0.25) is 0 Å². The Bertz CT molecular complexity index is 1980. The van der Waals surface area contributed by atoms with Crippen molar-refractivity contribution in [3.8, 4) is 0 Å². The summed E-state index contributed by atoms with van der Waals surface area (Å²) in [5, 5.41) is 48.3. The van der Waals surface area contributed by atoms with Crippen LogP contribution in [0.4, 0.5) is 0 Å². The lowest BCUT2D eigenvalue weighted by Crippen LogP contribution is -2.61. The molecule has 0 aliphatic heterocycles. The van der Waals surface area contributed by atoms with Gasteiger partial charge < -0.3 is 98.0 Å². The number of carbonyl (C=O) groups excluding carboxylic acids is 9. The second kappa shape index (κ2) is 34.9. The van der Waals surface area contributed by atoms with Crippen LogP contribution in [0.3, 0.4) is 0 Å². The lowest BCUT2D eigenvalue weighted by Gasteiger charge is -2.28. The minimum atomic E-state index is -1.76. The average molecular weight is 1060 g/mol. The molecule has 9 amide bonds. The highest BCUT2D eigenvalue weighted by Crippen LogP contribution is 2.11. The summed E-state index contributed by atoms with van der Waals surface area (Å²) in [5.74, 6) is -12.4. The number of primary amides is 1. The van der Waals surface area contributed by atoms with Crippen LogP contribution in [0.25, 0.3) is 0 Å². The zero-order valence-corrected chi connectivity index (χ0v) is 42.5. The molecule has 0 saturated carbocycles. The highest BCUT2D eigenvalue weighted by molar-refractivity contribution is 5.99. The van der Waals surface area contributed by atoms with Crippen LogP contribution in [0.15, 0.2) is 9.98 Å². The minimum absolute atomic E-state index is 0.0274. The molecular formula is C43H79N17O14. The van der Waals surface area contributed by atoms with E-state index in [9.17, 15) is 68.1 Å². The lowest BCUT2D eigenvalue weighted by atomic mass is 10.0. The van der Waals surface area contributed by atoms with Crippen molar-refractivity contribution in [1.82, 2.24) is 42.5 Å². The zero-order valence-electron chi connectivity index (χ0n) is 42.5. The molecule has 0 spiro atoms. The number of carboxylic acids is 2. The predicted octanol–water partition coefficient (Wildman–Crippen LogP) is -7.28. The van der Waals surface area contributed by atoms with Gasteiger partial charge in [0.1, 0.15) is 48.3 Å². The Morgan fingerprint density at radius 1 is 0.486 bits per heavy atom. The number of nitrogens with zero attached hydrogens (tertiary/aromatic N) is 2. The zero-order chi connectivity index (χ0) is 56.8. The number of aliphatic carboxylic acids is 2. The quantitative estimate of drug-likeness (QED) is 0.0156. The van der Waals surface area contributed by atoms with Crippen LogP contribution in [-0.2, 0) is 52.7 Å². The van der Waals surface area contributed by atoms with Gasteiger partial charge >= 0.3 is 11.9 Å². The number of aliphatic hydroxyl groups is 1. The van der Waals surface area contributed by atoms with Crippen LogP contribution in [0, 0.1) is 5.92 Å². The van der Waals surface area contributed by atoms with Crippen molar-refractivity contribution in [2.75, 3.05) is 19.6 Å². The van der Waals surface area contributed by atoms with Gasteiger partial charge in [0.25, 0.3) is 0 Å². The molecule has 0 aliphatic carbocycles. The number of carboxylic acid groups (broad SMARTS) is 2. The maximum atomic E-state index is 14.0. The molecule has 31 heteroatoms. The van der Waals surface area contributed by atoms with Crippen molar-refractivity contribution in [1.29, 1.82) is 0 Å². The first-order valence-electron chi connectivity index (χ1n) is 23.9. The summed E-state index contributed by atoms with van der Waals surface area (Å²) in [6, 6.07) is -13.3. The molecule has 420 valence electrons. The number of guanidine groups is 2. The van der Waals surface area contributed by atoms with Gasteiger partial charge in [0, 0.05) is 19.5 Å². The normalized spacial score (nSPS) is 15.0. The van der Waals surface area contributed by atoms with E-state index in [1.165, 1.54) is 20.8 Å². The Labute approximate surface area is 428 Å². The van der Waals surface area contributed by atoms with E-state index in [-0.39, 0.29) is 82.4 Å². The molecule has 0 unspecified atom stereocenters. The first kappa shape index (κ1) is 66.6. The van der Waals surface area contributed by atoms with Gasteiger partial charge in [-0.1, -0.05) is 13.8 Å². The second-order valence-corrected chi connectivity index (χ2v) is 17.9. The maximum absolute atomic E-state index is 14.0. The third-order valence-corrected chi connectivity index (χ3v) is 10.6. The Morgan fingerprint density at radius 3 is 1.36 bits per heavy atom. The molecule has 0 fully saturated rings. The van der Waals surface area contributed by atoms with Gasteiger partial charge in [-0.25, -0.2) is 4.79 Å². The van der Waals surface area contributed by atoms with Gasteiger partial charge in [-0.2, -0.15) is 0 Å². The van der Waals surface area contributed by atoms with Gasteiger partial charge in [-0.3, -0.25) is 57.9 Å². The van der Waals surface area contributed by atoms with Crippen molar-refractivity contribution < 1.29 is 68.1 Å². The number of rotatable bonds is 37. The largest absolute Gasteiger partial charge is 0.481 e. The summed E-state index contributed by atoms with van der Waals surface area (Å²) < 4.78 is 0. The molecule has 31 nitrogen and oxygen atoms in total. The Balaban J connectivity index is 6.66. The van der Waals surface area contributed by atoms with E-state index in [0.29, 0.717) is 6.42 Å². The minimum Gasteiger partial charge on any atom is -0.481 e. The van der Waals surface area contributed by atoms with E-state index in [0.717, 1.165) is 0 Å². The number of aliphatic imine (C=N–C) groups is 2.